The van der Waals surface area contributed by atoms with Gasteiger partial charge in [-0.05, 0) is 18.4 Å². The molecule has 1 aromatic rings. The molecule has 16 heavy (non-hydrogen) atoms. The number of carbonyl (C=O) groups is 2. The first-order chi connectivity index (χ1) is 7.88. The lowest BCUT2D eigenvalue weighted by atomic mass is 9.94. The van der Waals surface area contributed by atoms with Crippen LogP contribution in [0.1, 0.15) is 43.6 Å². The maximum atomic E-state index is 11.0. The third kappa shape index (κ3) is 4.39. The van der Waals surface area contributed by atoms with Crippen LogP contribution in [-0.4, -0.2) is 12.6 Å². The summed E-state index contributed by atoms with van der Waals surface area (Å²) in [5.41, 5.74) is 1.09. The van der Waals surface area contributed by atoms with Gasteiger partial charge in [-0.15, -0.1) is 0 Å². The van der Waals surface area contributed by atoms with Crippen LogP contribution in [0.5, 0.6) is 0 Å². The van der Waals surface area contributed by atoms with Crippen LogP contribution in [-0.2, 0) is 9.59 Å². The minimum Gasteiger partial charge on any atom is -0.303 e. The third-order valence-electron chi connectivity index (χ3n) is 2.73. The summed E-state index contributed by atoms with van der Waals surface area (Å²) < 4.78 is 0. The van der Waals surface area contributed by atoms with Gasteiger partial charge in [0.15, 0.2) is 0 Å². The maximum Gasteiger partial charge on any atom is 0.127 e. The first kappa shape index (κ1) is 12.6. The second-order valence-electron chi connectivity index (χ2n) is 3.96. The Bertz CT molecular complexity index is 306. The van der Waals surface area contributed by atoms with Crippen molar-refractivity contribution in [2.45, 2.75) is 38.0 Å². The summed E-state index contributed by atoms with van der Waals surface area (Å²) in [5, 5.41) is 0. The minimum absolute atomic E-state index is 0.0115. The summed E-state index contributed by atoms with van der Waals surface area (Å²) in [4.78, 5) is 21.1. The monoisotopic (exact) mass is 218 g/mol. The molecule has 0 radical (unpaired) electrons. The van der Waals surface area contributed by atoms with Crippen LogP contribution in [0.4, 0.5) is 0 Å². The van der Waals surface area contributed by atoms with Crippen molar-refractivity contribution in [2.75, 3.05) is 0 Å². The largest absolute Gasteiger partial charge is 0.303 e. The molecule has 0 bridgehead atoms. The Morgan fingerprint density at radius 1 is 1.00 bits per heavy atom. The highest BCUT2D eigenvalue weighted by molar-refractivity contribution is 5.61. The van der Waals surface area contributed by atoms with Crippen LogP contribution in [0, 0.1) is 0 Å². The van der Waals surface area contributed by atoms with E-state index in [9.17, 15) is 9.59 Å². The van der Waals surface area contributed by atoms with Gasteiger partial charge in [-0.25, -0.2) is 0 Å². The SMILES string of the molecule is O=CCCCCCC(C=O)c1ccccc1. The van der Waals surface area contributed by atoms with Gasteiger partial charge in [0.05, 0.1) is 0 Å². The molecule has 0 saturated carbocycles. The van der Waals surface area contributed by atoms with Gasteiger partial charge in [-0.1, -0.05) is 43.2 Å². The van der Waals surface area contributed by atoms with Crippen molar-refractivity contribution >= 4 is 12.6 Å². The molecule has 0 aliphatic heterocycles. The molecule has 0 fully saturated rings. The van der Waals surface area contributed by atoms with E-state index in [1.54, 1.807) is 0 Å². The molecule has 1 rings (SSSR count). The quantitative estimate of drug-likeness (QED) is 0.496. The number of hydrogen-bond acceptors (Lipinski definition) is 2. The van der Waals surface area contributed by atoms with Gasteiger partial charge in [0.1, 0.15) is 12.6 Å². The van der Waals surface area contributed by atoms with Gasteiger partial charge in [0.2, 0.25) is 0 Å². The van der Waals surface area contributed by atoms with E-state index >= 15 is 0 Å². The van der Waals surface area contributed by atoms with E-state index in [-0.39, 0.29) is 5.92 Å². The number of aldehydes is 2. The predicted molar refractivity (Wildman–Crippen MR) is 64.4 cm³/mol. The fourth-order valence-electron chi connectivity index (χ4n) is 1.78. The molecule has 2 nitrogen and oxygen atoms in total. The Labute approximate surface area is 96.7 Å². The van der Waals surface area contributed by atoms with E-state index in [4.69, 9.17) is 0 Å². The Morgan fingerprint density at radius 2 is 1.75 bits per heavy atom. The van der Waals surface area contributed by atoms with Crippen LogP contribution in [0.2, 0.25) is 0 Å². The van der Waals surface area contributed by atoms with Crippen molar-refractivity contribution in [1.29, 1.82) is 0 Å². The Morgan fingerprint density at radius 3 is 2.38 bits per heavy atom. The average Bonchev–Trinajstić information content (AvgIpc) is 2.35. The summed E-state index contributed by atoms with van der Waals surface area (Å²) in [5.74, 6) is 0.0115. The highest BCUT2D eigenvalue weighted by atomic mass is 16.1. The zero-order chi connectivity index (χ0) is 11.6. The molecule has 0 aliphatic rings. The van der Waals surface area contributed by atoms with Crippen LogP contribution in [0.3, 0.4) is 0 Å². The van der Waals surface area contributed by atoms with Crippen molar-refractivity contribution < 1.29 is 9.59 Å². The first-order valence-electron chi connectivity index (χ1n) is 5.82. The van der Waals surface area contributed by atoms with Gasteiger partial charge in [0.25, 0.3) is 0 Å². The summed E-state index contributed by atoms with van der Waals surface area (Å²) in [6, 6.07) is 9.85. The molecule has 2 heteroatoms. The van der Waals surface area contributed by atoms with Crippen LogP contribution >= 0.6 is 0 Å². The highest BCUT2D eigenvalue weighted by Gasteiger charge is 2.08. The van der Waals surface area contributed by atoms with Crippen molar-refractivity contribution in [3.63, 3.8) is 0 Å². The van der Waals surface area contributed by atoms with Crippen LogP contribution in [0.25, 0.3) is 0 Å². The fraction of sp³-hybridized carbons (Fsp3) is 0.429. The van der Waals surface area contributed by atoms with E-state index in [2.05, 4.69) is 0 Å². The Hall–Kier alpha value is -1.44. The smallest absolute Gasteiger partial charge is 0.127 e. The van der Waals surface area contributed by atoms with Gasteiger partial charge < -0.3 is 9.59 Å². The lowest BCUT2D eigenvalue weighted by molar-refractivity contribution is -0.109. The normalized spacial score (nSPS) is 12.0. The second kappa shape index (κ2) is 7.80. The first-order valence-corrected chi connectivity index (χ1v) is 5.82. The zero-order valence-electron chi connectivity index (χ0n) is 9.47. The van der Waals surface area contributed by atoms with Crippen LogP contribution in [0.15, 0.2) is 30.3 Å². The van der Waals surface area contributed by atoms with Crippen molar-refractivity contribution in [3.05, 3.63) is 35.9 Å². The lowest BCUT2D eigenvalue weighted by Crippen LogP contribution is -2.00. The van der Waals surface area contributed by atoms with E-state index < -0.39 is 0 Å². The fourth-order valence-corrected chi connectivity index (χ4v) is 1.78. The molecule has 86 valence electrons. The molecule has 0 N–H and O–H groups in total. The second-order valence-corrected chi connectivity index (χ2v) is 3.96. The standard InChI is InChI=1S/C14H18O2/c15-11-7-2-1-4-10-14(12-16)13-8-5-3-6-9-13/h3,5-6,8-9,11-12,14H,1-2,4,7,10H2. The minimum atomic E-state index is 0.0115. The zero-order valence-corrected chi connectivity index (χ0v) is 9.47. The van der Waals surface area contributed by atoms with Gasteiger partial charge in [0, 0.05) is 12.3 Å². The number of unbranched alkanes of at least 4 members (excludes halogenated alkanes) is 3. The molecule has 1 aromatic carbocycles. The van der Waals surface area contributed by atoms with Crippen LogP contribution < -0.4 is 0 Å². The molecule has 0 amide bonds. The van der Waals surface area contributed by atoms with E-state index in [1.165, 1.54) is 0 Å². The molecule has 0 aliphatic carbocycles. The van der Waals surface area contributed by atoms with Crippen molar-refractivity contribution in [2.24, 2.45) is 0 Å². The number of carbonyl (C=O) groups excluding carboxylic acids is 2. The van der Waals surface area contributed by atoms with Crippen molar-refractivity contribution in [1.82, 2.24) is 0 Å². The Kier molecular flexibility index (Phi) is 6.16. The topological polar surface area (TPSA) is 34.1 Å². The van der Waals surface area contributed by atoms with Gasteiger partial charge in [-0.2, -0.15) is 0 Å². The summed E-state index contributed by atoms with van der Waals surface area (Å²) in [6.45, 7) is 0. The molecular weight excluding hydrogens is 200 g/mol. The summed E-state index contributed by atoms with van der Waals surface area (Å²) in [6.07, 6.45) is 6.46. The van der Waals surface area contributed by atoms with E-state index in [0.29, 0.717) is 6.42 Å². The van der Waals surface area contributed by atoms with E-state index in [1.807, 2.05) is 30.3 Å². The van der Waals surface area contributed by atoms with E-state index in [0.717, 1.165) is 43.8 Å². The number of rotatable bonds is 8. The lowest BCUT2D eigenvalue weighted by Gasteiger charge is -2.09. The number of hydrogen-bond donors (Lipinski definition) is 0. The molecule has 1 unspecified atom stereocenters. The number of benzene rings is 1. The van der Waals surface area contributed by atoms with Gasteiger partial charge in [-0.3, -0.25) is 0 Å². The molecule has 0 heterocycles. The average molecular weight is 218 g/mol. The molecular formula is C14H18O2. The maximum absolute atomic E-state index is 11.0. The molecule has 1 atom stereocenters. The van der Waals surface area contributed by atoms with Crippen molar-refractivity contribution in [3.8, 4) is 0 Å². The third-order valence-corrected chi connectivity index (χ3v) is 2.73. The van der Waals surface area contributed by atoms with Gasteiger partial charge >= 0.3 is 0 Å². The predicted octanol–water partition coefficient (Wildman–Crippen LogP) is 3.12. The summed E-state index contributed by atoms with van der Waals surface area (Å²) in [7, 11) is 0. The molecule has 0 saturated heterocycles. The molecule has 0 spiro atoms. The summed E-state index contributed by atoms with van der Waals surface area (Å²) >= 11 is 0. The Balaban J connectivity index is 2.33. The molecule has 0 aromatic heterocycles. The highest BCUT2D eigenvalue weighted by Crippen LogP contribution is 2.20.